The Bertz CT molecular complexity index is 741. The number of unbranched alkanes of at least 4 members (excludes halogenated alkanes) is 2. The Labute approximate surface area is 152 Å². The molecule has 1 atom stereocenters. The van der Waals surface area contributed by atoms with Crippen molar-refractivity contribution in [2.45, 2.75) is 70.8 Å². The summed E-state index contributed by atoms with van der Waals surface area (Å²) < 4.78 is 62.9. The Morgan fingerprint density at radius 1 is 0.957 bits per heavy atom. The minimum absolute atomic E-state index is 0.0393. The summed E-state index contributed by atoms with van der Waals surface area (Å²) in [6.45, 7) is 2.03. The highest BCUT2D eigenvalue weighted by Gasteiger charge is 2.06. The fourth-order valence-electron chi connectivity index (χ4n) is 1.52. The van der Waals surface area contributed by atoms with Crippen LogP contribution in [0.3, 0.4) is 0 Å². The fourth-order valence-corrected chi connectivity index (χ4v) is 1.52. The molecule has 0 aromatic rings. The fraction of sp³-hybridized carbons (Fsp3) is 0.550. The van der Waals surface area contributed by atoms with E-state index in [1.165, 1.54) is 0 Å². The van der Waals surface area contributed by atoms with Crippen molar-refractivity contribution >= 4 is 5.97 Å². The average molecular weight is 337 g/mol. The summed E-state index contributed by atoms with van der Waals surface area (Å²) in [5.74, 6) is -1.23. The van der Waals surface area contributed by atoms with Crippen LogP contribution in [0.5, 0.6) is 0 Å². The van der Waals surface area contributed by atoms with Crippen molar-refractivity contribution in [2.75, 3.05) is 0 Å². The van der Waals surface area contributed by atoms with Gasteiger partial charge in [-0.2, -0.15) is 0 Å². The third-order valence-electron chi connectivity index (χ3n) is 2.68. The lowest BCUT2D eigenvalue weighted by Crippen LogP contribution is -2.11. The Morgan fingerprint density at radius 2 is 1.48 bits per heavy atom. The number of hydrogen-bond donors (Lipinski definition) is 2. The summed E-state index contributed by atoms with van der Waals surface area (Å²) in [5.41, 5.74) is 0. The van der Waals surface area contributed by atoms with Crippen molar-refractivity contribution in [1.29, 1.82) is 0 Å². The lowest BCUT2D eigenvalue weighted by atomic mass is 10.1. The van der Waals surface area contributed by atoms with E-state index in [1.54, 1.807) is 0 Å². The second kappa shape index (κ2) is 16.8. The van der Waals surface area contributed by atoms with E-state index < -0.39 is 18.5 Å². The number of carboxylic acids is 1. The SMILES string of the molecule is [3H]/C(CCCCC)=C(\[3H])C/C([3H])=C(/[3H])C/C([3H])=C(/[3H])C/C([3H])=C(/[3H])C[C@@H](O)CC(=O)O. The second-order valence-electron chi connectivity index (χ2n) is 4.86. The Morgan fingerprint density at radius 3 is 2.00 bits per heavy atom. The number of aliphatic hydroxyl groups is 1. The van der Waals surface area contributed by atoms with Crippen molar-refractivity contribution < 1.29 is 26.0 Å². The van der Waals surface area contributed by atoms with Gasteiger partial charge in [-0.15, -0.1) is 0 Å². The summed E-state index contributed by atoms with van der Waals surface area (Å²) >= 11 is 0. The standard InChI is InChI=1S/C20H32O3/c1-2-3-4-5-6-7-8-9-10-11-12-13-14-15-16-17-19(21)18-20(22)23/h6-7,9-10,12-13,15-16,19,21H,2-5,8,11,14,17-18H2,1H3,(H,22,23)/b7-6-,10-9-,13-12-,16-15-/t19-/m1/s1/i6T,7T,9T,10T,12T,13T,15T,16T. The maximum atomic E-state index is 10.5. The molecule has 0 aliphatic heterocycles. The molecule has 0 aliphatic rings. The molecule has 0 spiro atoms. The van der Waals surface area contributed by atoms with E-state index in [0.717, 1.165) is 19.3 Å². The summed E-state index contributed by atoms with van der Waals surface area (Å²) in [4.78, 5) is 10.5. The molecule has 0 radical (unpaired) electrons. The van der Waals surface area contributed by atoms with Gasteiger partial charge < -0.3 is 10.2 Å². The molecule has 0 heterocycles. The van der Waals surface area contributed by atoms with Gasteiger partial charge in [-0.25, -0.2) is 0 Å². The molecular weight excluding hydrogens is 288 g/mol. The van der Waals surface area contributed by atoms with Gasteiger partial charge in [0.25, 0.3) is 0 Å². The van der Waals surface area contributed by atoms with Gasteiger partial charge >= 0.3 is 5.97 Å². The van der Waals surface area contributed by atoms with Crippen LogP contribution in [0.15, 0.2) is 48.4 Å². The van der Waals surface area contributed by atoms with Crippen LogP contribution < -0.4 is 0 Å². The minimum atomic E-state index is -1.32. The molecule has 0 aromatic heterocycles. The van der Waals surface area contributed by atoms with Crippen molar-refractivity contribution in [1.82, 2.24) is 0 Å². The molecule has 130 valence electrons. The number of aliphatic hydroxyl groups excluding tert-OH is 1. The first kappa shape index (κ1) is 11.0. The van der Waals surface area contributed by atoms with E-state index in [-0.39, 0.29) is 74.1 Å². The smallest absolute Gasteiger partial charge is 0.305 e. The van der Waals surface area contributed by atoms with Crippen LogP contribution in [0.2, 0.25) is 0 Å². The molecule has 0 saturated carbocycles. The van der Waals surface area contributed by atoms with Crippen molar-refractivity contribution in [3.63, 3.8) is 0 Å². The molecule has 3 heteroatoms. The van der Waals surface area contributed by atoms with Crippen LogP contribution in [-0.4, -0.2) is 22.3 Å². The Hall–Kier alpha value is -1.61. The monoisotopic (exact) mass is 336 g/mol. The molecule has 0 saturated heterocycles. The van der Waals surface area contributed by atoms with Gasteiger partial charge in [-0.1, -0.05) is 68.2 Å². The number of rotatable bonds is 14. The third kappa shape index (κ3) is 18.3. The lowest BCUT2D eigenvalue weighted by Gasteiger charge is -2.02. The second-order valence-corrected chi connectivity index (χ2v) is 4.86. The van der Waals surface area contributed by atoms with Crippen molar-refractivity contribution in [2.24, 2.45) is 0 Å². The zero-order valence-electron chi connectivity index (χ0n) is 21.7. The van der Waals surface area contributed by atoms with E-state index in [1.807, 2.05) is 6.92 Å². The summed E-state index contributed by atoms with van der Waals surface area (Å²) in [6, 6.07) is -1.65. The number of hydrogen-bond acceptors (Lipinski definition) is 2. The summed E-state index contributed by atoms with van der Waals surface area (Å²) in [5, 5.41) is 18.1. The topological polar surface area (TPSA) is 57.5 Å². The molecule has 0 aromatic carbocycles. The predicted molar refractivity (Wildman–Crippen MR) is 97.4 cm³/mol. The summed E-state index contributed by atoms with van der Waals surface area (Å²) in [7, 11) is 0. The maximum absolute atomic E-state index is 10.5. The third-order valence-corrected chi connectivity index (χ3v) is 2.68. The van der Waals surface area contributed by atoms with Gasteiger partial charge in [-0.3, -0.25) is 4.79 Å². The molecule has 0 amide bonds. The molecule has 0 rings (SSSR count). The van der Waals surface area contributed by atoms with Crippen LogP contribution in [0.4, 0.5) is 0 Å². The molecule has 23 heavy (non-hydrogen) atoms. The molecule has 0 fully saturated rings. The van der Waals surface area contributed by atoms with E-state index in [0.29, 0.717) is 6.42 Å². The first-order chi connectivity index (χ1) is 14.4. The van der Waals surface area contributed by atoms with E-state index >= 15 is 0 Å². The number of aliphatic carboxylic acids is 1. The van der Waals surface area contributed by atoms with E-state index in [9.17, 15) is 9.90 Å². The average Bonchev–Trinajstić information content (AvgIpc) is 2.66. The zero-order valence-corrected chi connectivity index (χ0v) is 13.7. The molecular formula is C20H32O3. The quantitative estimate of drug-likeness (QED) is 0.339. The van der Waals surface area contributed by atoms with Gasteiger partial charge in [-0.05, 0) is 38.5 Å². The first-order valence-corrected chi connectivity index (χ1v) is 7.89. The normalized spacial score (nSPS) is 22.2. The van der Waals surface area contributed by atoms with Crippen LogP contribution in [-0.2, 0) is 4.79 Å². The number of allylic oxidation sites excluding steroid dienone is 7. The van der Waals surface area contributed by atoms with E-state index in [4.69, 9.17) is 16.1 Å². The molecule has 0 unspecified atom stereocenters. The maximum Gasteiger partial charge on any atom is 0.305 e. The van der Waals surface area contributed by atoms with Gasteiger partial charge in [0.2, 0.25) is 0 Å². The Kier molecular flexibility index (Phi) is 8.04. The molecule has 0 bridgehead atoms. The summed E-state index contributed by atoms with van der Waals surface area (Å²) in [6.07, 6.45) is 0.0532. The van der Waals surface area contributed by atoms with Gasteiger partial charge in [0.05, 0.1) is 23.5 Å². The van der Waals surface area contributed by atoms with Gasteiger partial charge in [0.15, 0.2) is 0 Å². The first-order valence-electron chi connectivity index (χ1n) is 11.9. The van der Waals surface area contributed by atoms with Crippen molar-refractivity contribution in [3.05, 3.63) is 48.4 Å². The highest BCUT2D eigenvalue weighted by molar-refractivity contribution is 5.67. The molecule has 2 N–H and O–H groups in total. The minimum Gasteiger partial charge on any atom is -0.481 e. The Balaban J connectivity index is 5.10. The number of carboxylic acid groups (broad SMARTS) is 1. The predicted octanol–water partition coefficient (Wildman–Crippen LogP) is 5.19. The molecule has 0 aliphatic carbocycles. The van der Waals surface area contributed by atoms with Crippen LogP contribution >= 0.6 is 0 Å². The number of carbonyl (C=O) groups is 1. The van der Waals surface area contributed by atoms with E-state index in [2.05, 4.69) is 0 Å². The van der Waals surface area contributed by atoms with Crippen LogP contribution in [0, 0.1) is 0 Å². The van der Waals surface area contributed by atoms with Gasteiger partial charge in [0.1, 0.15) is 0 Å². The van der Waals surface area contributed by atoms with Gasteiger partial charge in [0, 0.05) is 0 Å². The zero-order chi connectivity index (χ0) is 24.1. The highest BCUT2D eigenvalue weighted by Crippen LogP contribution is 2.02. The van der Waals surface area contributed by atoms with Crippen molar-refractivity contribution in [3.8, 4) is 0 Å². The lowest BCUT2D eigenvalue weighted by molar-refractivity contribution is -0.139. The van der Waals surface area contributed by atoms with Crippen LogP contribution in [0.25, 0.3) is 0 Å². The van der Waals surface area contributed by atoms with Crippen LogP contribution in [0.1, 0.15) is 75.7 Å². The highest BCUT2D eigenvalue weighted by atomic mass is 16.4. The molecule has 3 nitrogen and oxygen atoms in total. The largest absolute Gasteiger partial charge is 0.481 e.